The van der Waals surface area contributed by atoms with Gasteiger partial charge >= 0.3 is 0 Å². The van der Waals surface area contributed by atoms with E-state index in [1.54, 1.807) is 13.0 Å². The van der Waals surface area contributed by atoms with Gasteiger partial charge < -0.3 is 9.84 Å². The summed E-state index contributed by atoms with van der Waals surface area (Å²) < 4.78 is 18.5. The number of hydrogen-bond acceptors (Lipinski definition) is 2. The molecule has 0 saturated carbocycles. The van der Waals surface area contributed by atoms with Crippen LogP contribution >= 0.6 is 11.6 Å². The van der Waals surface area contributed by atoms with E-state index in [2.05, 4.69) is 0 Å². The maximum Gasteiger partial charge on any atom is 0.124 e. The Kier molecular flexibility index (Phi) is 4.99. The topological polar surface area (TPSA) is 29.5 Å². The lowest BCUT2D eigenvalue weighted by atomic mass is 10.1. The van der Waals surface area contributed by atoms with Gasteiger partial charge in [-0.3, -0.25) is 0 Å². The Hall–Kier alpha value is -1.58. The van der Waals surface area contributed by atoms with Crippen LogP contribution in [0, 0.1) is 5.82 Å². The second kappa shape index (κ2) is 6.73. The van der Waals surface area contributed by atoms with E-state index in [1.807, 2.05) is 24.3 Å². The van der Waals surface area contributed by atoms with Crippen molar-refractivity contribution in [3.05, 3.63) is 64.4 Å². The Morgan fingerprint density at radius 3 is 2.50 bits per heavy atom. The van der Waals surface area contributed by atoms with Crippen molar-refractivity contribution in [2.45, 2.75) is 26.1 Å². The van der Waals surface area contributed by atoms with E-state index in [1.165, 1.54) is 12.1 Å². The van der Waals surface area contributed by atoms with E-state index in [0.717, 1.165) is 11.1 Å². The monoisotopic (exact) mass is 294 g/mol. The summed E-state index contributed by atoms with van der Waals surface area (Å²) in [7, 11) is 0. The quantitative estimate of drug-likeness (QED) is 0.904. The SMILES string of the molecule is CC(O)Cc1ccc(OCc2ccc(F)cc2Cl)cc1. The minimum absolute atomic E-state index is 0.287. The third-order valence-electron chi connectivity index (χ3n) is 2.86. The standard InChI is InChI=1S/C16H16ClFO2/c1-11(19)8-12-2-6-15(7-3-12)20-10-13-4-5-14(18)9-16(13)17/h2-7,9,11,19H,8,10H2,1H3. The highest BCUT2D eigenvalue weighted by molar-refractivity contribution is 6.31. The molecule has 4 heteroatoms. The van der Waals surface area contributed by atoms with Gasteiger partial charge in [0.05, 0.1) is 11.1 Å². The molecule has 2 aromatic rings. The van der Waals surface area contributed by atoms with E-state index >= 15 is 0 Å². The molecule has 0 amide bonds. The molecule has 0 bridgehead atoms. The molecule has 0 fully saturated rings. The fraction of sp³-hybridized carbons (Fsp3) is 0.250. The molecule has 0 aliphatic rings. The number of rotatable bonds is 5. The fourth-order valence-electron chi connectivity index (χ4n) is 1.86. The van der Waals surface area contributed by atoms with Crippen LogP contribution in [0.25, 0.3) is 0 Å². The summed E-state index contributed by atoms with van der Waals surface area (Å²) in [4.78, 5) is 0. The van der Waals surface area contributed by atoms with Crippen LogP contribution in [0.4, 0.5) is 4.39 Å². The summed E-state index contributed by atoms with van der Waals surface area (Å²) in [5, 5.41) is 9.66. The Labute approximate surface area is 122 Å². The van der Waals surface area contributed by atoms with Crippen molar-refractivity contribution in [3.63, 3.8) is 0 Å². The van der Waals surface area contributed by atoms with E-state index in [9.17, 15) is 9.50 Å². The minimum atomic E-state index is -0.361. The zero-order valence-corrected chi connectivity index (χ0v) is 11.9. The Balaban J connectivity index is 1.96. The summed E-state index contributed by atoms with van der Waals surface area (Å²) in [5.74, 6) is 0.348. The van der Waals surface area contributed by atoms with Crippen LogP contribution in [0.15, 0.2) is 42.5 Å². The molecule has 1 atom stereocenters. The van der Waals surface area contributed by atoms with Crippen molar-refractivity contribution in [1.29, 1.82) is 0 Å². The number of ether oxygens (including phenoxy) is 1. The van der Waals surface area contributed by atoms with Crippen molar-refractivity contribution >= 4 is 11.6 Å². The molecule has 0 radical (unpaired) electrons. The number of hydrogen-bond donors (Lipinski definition) is 1. The van der Waals surface area contributed by atoms with Crippen LogP contribution < -0.4 is 4.74 Å². The minimum Gasteiger partial charge on any atom is -0.489 e. The van der Waals surface area contributed by atoms with Gasteiger partial charge in [-0.05, 0) is 43.2 Å². The van der Waals surface area contributed by atoms with Gasteiger partial charge in [0.1, 0.15) is 18.2 Å². The molecule has 0 aromatic heterocycles. The zero-order valence-electron chi connectivity index (χ0n) is 11.1. The molecule has 2 aromatic carbocycles. The molecule has 0 heterocycles. The Morgan fingerprint density at radius 1 is 1.20 bits per heavy atom. The normalized spacial score (nSPS) is 12.2. The summed E-state index contributed by atoms with van der Waals surface area (Å²) in [5.41, 5.74) is 1.79. The van der Waals surface area contributed by atoms with Crippen molar-refractivity contribution < 1.29 is 14.2 Å². The molecule has 1 unspecified atom stereocenters. The lowest BCUT2D eigenvalue weighted by molar-refractivity contribution is 0.195. The van der Waals surface area contributed by atoms with Gasteiger partial charge in [-0.25, -0.2) is 4.39 Å². The van der Waals surface area contributed by atoms with Crippen molar-refractivity contribution in [1.82, 2.24) is 0 Å². The first-order valence-electron chi connectivity index (χ1n) is 6.38. The third-order valence-corrected chi connectivity index (χ3v) is 3.22. The molecule has 0 aliphatic heterocycles. The number of aliphatic hydroxyl groups excluding tert-OH is 1. The summed E-state index contributed by atoms with van der Waals surface area (Å²) in [6, 6.07) is 11.7. The molecule has 1 N–H and O–H groups in total. The Morgan fingerprint density at radius 2 is 1.90 bits per heavy atom. The molecule has 2 rings (SSSR count). The van der Waals surface area contributed by atoms with E-state index in [-0.39, 0.29) is 18.5 Å². The third kappa shape index (κ3) is 4.22. The first-order chi connectivity index (χ1) is 9.54. The molecule has 20 heavy (non-hydrogen) atoms. The number of benzene rings is 2. The smallest absolute Gasteiger partial charge is 0.124 e. The highest BCUT2D eigenvalue weighted by Gasteiger charge is 2.04. The van der Waals surface area contributed by atoms with Crippen LogP contribution in [0.1, 0.15) is 18.1 Å². The van der Waals surface area contributed by atoms with E-state index in [4.69, 9.17) is 16.3 Å². The van der Waals surface area contributed by atoms with Crippen LogP contribution in [0.3, 0.4) is 0 Å². The molecule has 0 saturated heterocycles. The number of aliphatic hydroxyl groups is 1. The predicted octanol–water partition coefficient (Wildman–Crippen LogP) is 3.98. The van der Waals surface area contributed by atoms with Crippen LogP contribution in [0.2, 0.25) is 5.02 Å². The molecule has 0 spiro atoms. The second-order valence-electron chi connectivity index (χ2n) is 4.72. The van der Waals surface area contributed by atoms with Gasteiger partial charge in [0.25, 0.3) is 0 Å². The van der Waals surface area contributed by atoms with Gasteiger partial charge in [0, 0.05) is 5.56 Å². The van der Waals surface area contributed by atoms with E-state index in [0.29, 0.717) is 17.2 Å². The largest absolute Gasteiger partial charge is 0.489 e. The first-order valence-corrected chi connectivity index (χ1v) is 6.76. The first kappa shape index (κ1) is 14.8. The molecule has 106 valence electrons. The summed E-state index contributed by atoms with van der Waals surface area (Å²) in [6.45, 7) is 2.04. The summed E-state index contributed by atoms with van der Waals surface area (Å²) >= 11 is 5.93. The second-order valence-corrected chi connectivity index (χ2v) is 5.13. The molecular weight excluding hydrogens is 279 g/mol. The highest BCUT2D eigenvalue weighted by Crippen LogP contribution is 2.20. The molecular formula is C16H16ClFO2. The summed E-state index contributed by atoms with van der Waals surface area (Å²) in [6.07, 6.45) is 0.254. The predicted molar refractivity (Wildman–Crippen MR) is 77.6 cm³/mol. The van der Waals surface area contributed by atoms with E-state index < -0.39 is 0 Å². The van der Waals surface area contributed by atoms with Gasteiger partial charge in [-0.15, -0.1) is 0 Å². The molecule has 2 nitrogen and oxygen atoms in total. The van der Waals surface area contributed by atoms with Gasteiger partial charge in [-0.1, -0.05) is 29.8 Å². The lowest BCUT2D eigenvalue weighted by Gasteiger charge is -2.09. The van der Waals surface area contributed by atoms with Crippen LogP contribution in [0.5, 0.6) is 5.75 Å². The fourth-order valence-corrected chi connectivity index (χ4v) is 2.08. The molecule has 0 aliphatic carbocycles. The average Bonchev–Trinajstić information content (AvgIpc) is 2.39. The van der Waals surface area contributed by atoms with Crippen LogP contribution in [-0.2, 0) is 13.0 Å². The number of halogens is 2. The maximum atomic E-state index is 12.9. The van der Waals surface area contributed by atoms with Gasteiger partial charge in [0.2, 0.25) is 0 Å². The van der Waals surface area contributed by atoms with Gasteiger partial charge in [0.15, 0.2) is 0 Å². The lowest BCUT2D eigenvalue weighted by Crippen LogP contribution is -2.04. The maximum absolute atomic E-state index is 12.9. The average molecular weight is 295 g/mol. The van der Waals surface area contributed by atoms with Crippen molar-refractivity contribution in [3.8, 4) is 5.75 Å². The van der Waals surface area contributed by atoms with Crippen molar-refractivity contribution in [2.24, 2.45) is 0 Å². The zero-order chi connectivity index (χ0) is 14.5. The Bertz CT molecular complexity index is 567. The van der Waals surface area contributed by atoms with Gasteiger partial charge in [-0.2, -0.15) is 0 Å². The van der Waals surface area contributed by atoms with Crippen molar-refractivity contribution in [2.75, 3.05) is 0 Å². The van der Waals surface area contributed by atoms with Crippen LogP contribution in [-0.4, -0.2) is 11.2 Å². The highest BCUT2D eigenvalue weighted by atomic mass is 35.5.